The molecule has 0 bridgehead atoms. The molecule has 1 saturated heterocycles. The van der Waals surface area contributed by atoms with Gasteiger partial charge in [-0.1, -0.05) is 60.7 Å². The minimum atomic E-state index is -1.11. The van der Waals surface area contributed by atoms with Crippen molar-refractivity contribution in [3.05, 3.63) is 102 Å². The topological polar surface area (TPSA) is 279 Å². The number of phenols is 1. The van der Waals surface area contributed by atoms with Gasteiger partial charge in [0, 0.05) is 37.0 Å². The summed E-state index contributed by atoms with van der Waals surface area (Å²) in [6.07, 6.45) is 3.77. The Labute approximate surface area is 325 Å². The van der Waals surface area contributed by atoms with Gasteiger partial charge in [0.1, 0.15) is 35.5 Å². The largest absolute Gasteiger partial charge is 0.508 e. The number of H-pyrrole nitrogens is 1. The predicted octanol–water partition coefficient (Wildman–Crippen LogP) is 3.84. The number of carboxylic acids is 4. The summed E-state index contributed by atoms with van der Waals surface area (Å²) < 4.78 is 5.17. The van der Waals surface area contributed by atoms with E-state index in [1.807, 2.05) is 60.8 Å². The quantitative estimate of drug-likeness (QED) is 0.105. The van der Waals surface area contributed by atoms with E-state index < -0.39 is 53.7 Å². The van der Waals surface area contributed by atoms with Crippen molar-refractivity contribution in [1.29, 1.82) is 0 Å². The molecule has 16 heteroatoms. The van der Waals surface area contributed by atoms with Gasteiger partial charge in [0.15, 0.2) is 0 Å². The van der Waals surface area contributed by atoms with Gasteiger partial charge in [-0.2, -0.15) is 0 Å². The van der Waals surface area contributed by atoms with Crippen LogP contribution in [0.25, 0.3) is 10.9 Å². The average molecular weight is 780 g/mol. The first-order chi connectivity index (χ1) is 26.3. The first kappa shape index (κ1) is 46.2. The lowest BCUT2D eigenvalue weighted by atomic mass is 10.1. The van der Waals surface area contributed by atoms with Gasteiger partial charge < -0.3 is 52.0 Å². The Morgan fingerprint density at radius 3 is 1.84 bits per heavy atom. The van der Waals surface area contributed by atoms with Crippen LogP contribution in [0.1, 0.15) is 50.3 Å². The summed E-state index contributed by atoms with van der Waals surface area (Å²) in [6.45, 7) is 6.01. The van der Waals surface area contributed by atoms with Crippen LogP contribution in [0.5, 0.6) is 5.75 Å². The van der Waals surface area contributed by atoms with Crippen molar-refractivity contribution in [3.63, 3.8) is 0 Å². The molecule has 3 aromatic carbocycles. The number of nitrogens with zero attached hydrogens (tertiary/aromatic N) is 1. The van der Waals surface area contributed by atoms with Gasteiger partial charge in [-0.25, -0.2) is 9.59 Å². The summed E-state index contributed by atoms with van der Waals surface area (Å²) in [5.74, 6) is -3.66. The number of hydrogen-bond donors (Lipinski definition) is 9. The number of rotatable bonds is 11. The Kier molecular flexibility index (Phi) is 18.5. The molecule has 5 rings (SSSR count). The normalized spacial score (nSPS) is 14.9. The molecule has 4 aromatic rings. The van der Waals surface area contributed by atoms with Crippen LogP contribution in [0.2, 0.25) is 0 Å². The number of fused-ring (bicyclic) bond motifs is 1. The number of aromatic nitrogens is 1. The summed E-state index contributed by atoms with van der Waals surface area (Å²) in [6, 6.07) is 20.3. The lowest BCUT2D eigenvalue weighted by Gasteiger charge is -2.28. The molecule has 0 aliphatic carbocycles. The number of phenolic OH excluding ortho intramolecular Hbond substituents is 1. The van der Waals surface area contributed by atoms with E-state index in [-0.39, 0.29) is 18.2 Å². The molecular weight excluding hydrogens is 726 g/mol. The number of carbonyl (C=O) groups is 5. The van der Waals surface area contributed by atoms with Gasteiger partial charge in [-0.3, -0.25) is 19.3 Å². The molecule has 16 nitrogen and oxygen atoms in total. The molecule has 1 amide bonds. The Morgan fingerprint density at radius 1 is 0.786 bits per heavy atom. The molecule has 2 heterocycles. The van der Waals surface area contributed by atoms with Crippen LogP contribution >= 0.6 is 0 Å². The van der Waals surface area contributed by atoms with Crippen LogP contribution in [-0.2, 0) is 43.2 Å². The highest BCUT2D eigenvalue weighted by atomic mass is 16.6. The number of ether oxygens (including phenoxy) is 1. The molecule has 0 spiro atoms. The number of aliphatic carboxylic acids is 4. The lowest BCUT2D eigenvalue weighted by Crippen LogP contribution is -2.46. The first-order valence-corrected chi connectivity index (χ1v) is 17.8. The van der Waals surface area contributed by atoms with Crippen molar-refractivity contribution in [2.75, 3.05) is 13.6 Å². The van der Waals surface area contributed by atoms with Crippen molar-refractivity contribution >= 4 is 40.9 Å². The number of nitrogens with one attached hydrogen (secondary N) is 2. The number of carboxylic acid groups (broad SMARTS) is 4. The molecule has 0 radical (unpaired) electrons. The van der Waals surface area contributed by atoms with Crippen LogP contribution in [-0.4, -0.2) is 109 Å². The van der Waals surface area contributed by atoms with Crippen molar-refractivity contribution in [1.82, 2.24) is 15.2 Å². The highest BCUT2D eigenvalue weighted by Crippen LogP contribution is 2.19. The Balaban J connectivity index is 0.000000272. The molecule has 1 fully saturated rings. The Morgan fingerprint density at radius 2 is 1.34 bits per heavy atom. The third kappa shape index (κ3) is 16.6. The molecule has 4 atom stereocenters. The van der Waals surface area contributed by atoms with Crippen LogP contribution in [0.3, 0.4) is 0 Å². The zero-order valence-electron chi connectivity index (χ0n) is 31.9. The highest BCUT2D eigenvalue weighted by Gasteiger charge is 2.30. The van der Waals surface area contributed by atoms with Gasteiger partial charge in [0.25, 0.3) is 0 Å². The molecule has 11 N–H and O–H groups in total. The van der Waals surface area contributed by atoms with Crippen molar-refractivity contribution in [2.45, 2.75) is 82.6 Å². The third-order valence-electron chi connectivity index (χ3n) is 8.21. The van der Waals surface area contributed by atoms with Crippen LogP contribution in [0.15, 0.2) is 85.1 Å². The van der Waals surface area contributed by atoms with Crippen LogP contribution in [0, 0.1) is 0 Å². The summed E-state index contributed by atoms with van der Waals surface area (Å²) in [7, 11) is 1.40. The average Bonchev–Trinajstić information content (AvgIpc) is 3.83. The maximum atomic E-state index is 11.9. The van der Waals surface area contributed by atoms with Gasteiger partial charge in [0.05, 0.1) is 0 Å². The van der Waals surface area contributed by atoms with Crippen molar-refractivity contribution in [2.24, 2.45) is 11.5 Å². The zero-order valence-corrected chi connectivity index (χ0v) is 31.9. The summed E-state index contributed by atoms with van der Waals surface area (Å²) in [5, 5.41) is 48.0. The van der Waals surface area contributed by atoms with E-state index in [0.29, 0.717) is 18.4 Å². The molecule has 0 saturated carbocycles. The molecule has 3 unspecified atom stereocenters. The fourth-order valence-electron chi connectivity index (χ4n) is 5.18. The van der Waals surface area contributed by atoms with E-state index in [2.05, 4.69) is 10.3 Å². The summed E-state index contributed by atoms with van der Waals surface area (Å²) >= 11 is 0. The van der Waals surface area contributed by atoms with Crippen molar-refractivity contribution < 1.29 is 54.2 Å². The van der Waals surface area contributed by atoms with Crippen LogP contribution in [0.4, 0.5) is 4.79 Å². The monoisotopic (exact) mass is 779 g/mol. The van der Waals surface area contributed by atoms with E-state index in [0.717, 1.165) is 46.3 Å². The second kappa shape index (κ2) is 22.4. The zero-order chi connectivity index (χ0) is 42.0. The number of para-hydroxylation sites is 1. The number of hydrogen-bond acceptors (Lipinski definition) is 10. The molecule has 1 aromatic heterocycles. The van der Waals surface area contributed by atoms with E-state index in [4.69, 9.17) is 31.5 Å². The number of likely N-dealkylation sites (N-methyl/N-ethyl adjacent to an activating group) is 1. The number of amides is 1. The third-order valence-corrected chi connectivity index (χ3v) is 8.21. The van der Waals surface area contributed by atoms with E-state index >= 15 is 0 Å². The number of nitrogens with two attached hydrogens (primary N) is 2. The maximum Gasteiger partial charge on any atom is 0.410 e. The first-order valence-electron chi connectivity index (χ1n) is 17.8. The SMILES string of the molecule is CN(C(=O)OC(C)(C)C)C(Cc1ccc(O)cc1)C(=O)O.NC(Cc1c[nH]c2ccccc12)C(=O)O.NC(Cc1ccccc1)C(=O)O.O=C(O)[C@H]1CCCN1. The van der Waals surface area contributed by atoms with Gasteiger partial charge in [-0.15, -0.1) is 0 Å². The van der Waals surface area contributed by atoms with Crippen LogP contribution < -0.4 is 16.8 Å². The predicted molar refractivity (Wildman–Crippen MR) is 209 cm³/mol. The van der Waals surface area contributed by atoms with E-state index in [1.165, 1.54) is 19.2 Å². The Hall–Kier alpha value is -5.97. The number of carbonyl (C=O) groups excluding carboxylic acids is 1. The molecule has 1 aliphatic rings. The lowest BCUT2D eigenvalue weighted by molar-refractivity contribution is -0.143. The van der Waals surface area contributed by atoms with Gasteiger partial charge >= 0.3 is 30.0 Å². The second-order valence-corrected chi connectivity index (χ2v) is 13.9. The van der Waals surface area contributed by atoms with Gasteiger partial charge in [0.2, 0.25) is 0 Å². The van der Waals surface area contributed by atoms with E-state index in [9.17, 15) is 34.2 Å². The number of aromatic amines is 1. The Bertz CT molecular complexity index is 1850. The smallest absolute Gasteiger partial charge is 0.410 e. The summed E-state index contributed by atoms with van der Waals surface area (Å²) in [5.41, 5.74) is 13.8. The fourth-order valence-corrected chi connectivity index (χ4v) is 5.18. The molecule has 56 heavy (non-hydrogen) atoms. The minimum absolute atomic E-state index is 0.103. The molecule has 304 valence electrons. The minimum Gasteiger partial charge on any atom is -0.508 e. The van der Waals surface area contributed by atoms with Crippen molar-refractivity contribution in [3.8, 4) is 5.75 Å². The number of benzene rings is 3. The molecule has 1 aliphatic heterocycles. The summed E-state index contributed by atoms with van der Waals surface area (Å²) in [4.78, 5) is 58.6. The fraction of sp³-hybridized carbons (Fsp3) is 0.375. The maximum absolute atomic E-state index is 11.9. The second-order valence-electron chi connectivity index (χ2n) is 13.9. The number of aromatic hydroxyl groups is 1. The van der Waals surface area contributed by atoms with Gasteiger partial charge in [-0.05, 0) is 81.5 Å². The standard InChI is InChI=1S/C15H21NO5.C11H12N2O2.C9H11NO2.C5H9NO2/c1-15(2,3)21-14(20)16(4)12(13(18)19)9-10-5-7-11(17)8-6-10;12-9(11(14)15)5-7-6-13-10-4-2-1-3-8(7)10;10-8(9(11)12)6-7-4-2-1-3-5-7;7-5(8)4-2-1-3-6-4/h5-8,12,17H,9H2,1-4H3,(H,18,19);1-4,6,9,13H,5,12H2,(H,14,15);1-5,8H,6,10H2,(H,11,12);4,6H,1-3H2,(H,7,8)/t;;;4-/m...1/s1. The highest BCUT2D eigenvalue weighted by molar-refractivity contribution is 5.84. The molecular formula is C40H53N5O11. The van der Waals surface area contributed by atoms with E-state index in [1.54, 1.807) is 32.9 Å².